The van der Waals surface area contributed by atoms with Gasteiger partial charge in [0.1, 0.15) is 5.69 Å². The van der Waals surface area contributed by atoms with Crippen molar-refractivity contribution in [3.05, 3.63) is 59.4 Å². The van der Waals surface area contributed by atoms with E-state index >= 15 is 0 Å². The molecule has 4 aromatic rings. The van der Waals surface area contributed by atoms with Crippen molar-refractivity contribution in [1.29, 1.82) is 0 Å². The number of carbonyl (C=O) groups excluding carboxylic acids is 1. The highest BCUT2D eigenvalue weighted by Crippen LogP contribution is 2.31. The van der Waals surface area contributed by atoms with Gasteiger partial charge in [0.25, 0.3) is 5.91 Å². The molecule has 0 spiro atoms. The number of H-pyrrole nitrogens is 1. The highest BCUT2D eigenvalue weighted by molar-refractivity contribution is 6.33. The van der Waals surface area contributed by atoms with E-state index in [0.717, 1.165) is 36.2 Å². The fourth-order valence-electron chi connectivity index (χ4n) is 4.15. The van der Waals surface area contributed by atoms with Crippen molar-refractivity contribution in [1.82, 2.24) is 40.7 Å². The van der Waals surface area contributed by atoms with Crippen molar-refractivity contribution >= 4 is 23.3 Å². The summed E-state index contributed by atoms with van der Waals surface area (Å²) in [5, 5.41) is 22.4. The number of rotatable bonds is 5. The van der Waals surface area contributed by atoms with Gasteiger partial charge in [0.15, 0.2) is 5.82 Å². The van der Waals surface area contributed by atoms with E-state index in [9.17, 15) is 4.79 Å². The lowest BCUT2D eigenvalue weighted by atomic mass is 10.0. The van der Waals surface area contributed by atoms with E-state index in [4.69, 9.17) is 11.6 Å². The van der Waals surface area contributed by atoms with Gasteiger partial charge >= 0.3 is 0 Å². The molecule has 168 valence electrons. The first-order valence-electron chi connectivity index (χ1n) is 10.6. The summed E-state index contributed by atoms with van der Waals surface area (Å²) in [5.74, 6) is 0.792. The van der Waals surface area contributed by atoms with Gasteiger partial charge in [-0.2, -0.15) is 10.3 Å². The van der Waals surface area contributed by atoms with Crippen molar-refractivity contribution in [3.8, 4) is 22.6 Å². The number of halogens is 1. The van der Waals surface area contributed by atoms with Gasteiger partial charge in [-0.3, -0.25) is 14.4 Å². The number of benzene rings is 1. The molecule has 5 rings (SSSR count). The number of carbonyl (C=O) groups is 1. The average Bonchev–Trinajstić information content (AvgIpc) is 3.51. The molecule has 0 aliphatic carbocycles. The van der Waals surface area contributed by atoms with Crippen molar-refractivity contribution in [3.63, 3.8) is 0 Å². The molecule has 0 unspecified atom stereocenters. The first kappa shape index (κ1) is 21.2. The number of aryl methyl sites for hydroxylation is 1. The molecule has 1 atom stereocenters. The van der Waals surface area contributed by atoms with Crippen LogP contribution in [-0.4, -0.2) is 60.4 Å². The van der Waals surface area contributed by atoms with Gasteiger partial charge in [-0.25, -0.2) is 4.98 Å². The van der Waals surface area contributed by atoms with Crippen molar-refractivity contribution in [2.45, 2.75) is 18.9 Å². The van der Waals surface area contributed by atoms with E-state index in [1.165, 1.54) is 0 Å². The molecule has 3 aromatic heterocycles. The number of hydrogen-bond acceptors (Lipinski definition) is 7. The third-order valence-corrected chi connectivity index (χ3v) is 6.06. The van der Waals surface area contributed by atoms with Gasteiger partial charge in [-0.15, -0.1) is 10.2 Å². The number of aromatic nitrogens is 7. The third kappa shape index (κ3) is 4.10. The van der Waals surface area contributed by atoms with Crippen LogP contribution in [0.2, 0.25) is 5.02 Å². The number of aromatic amines is 1. The van der Waals surface area contributed by atoms with Crippen molar-refractivity contribution in [2.24, 2.45) is 7.05 Å². The predicted molar refractivity (Wildman–Crippen MR) is 124 cm³/mol. The summed E-state index contributed by atoms with van der Waals surface area (Å²) >= 11 is 6.44. The molecule has 10 nitrogen and oxygen atoms in total. The topological polar surface area (TPSA) is 118 Å². The second-order valence-electron chi connectivity index (χ2n) is 7.83. The first-order chi connectivity index (χ1) is 16.1. The molecule has 1 aliphatic heterocycles. The van der Waals surface area contributed by atoms with E-state index in [1.807, 2.05) is 31.3 Å². The highest BCUT2D eigenvalue weighted by Gasteiger charge is 2.30. The minimum atomic E-state index is -0.138. The van der Waals surface area contributed by atoms with Gasteiger partial charge in [-0.05, 0) is 54.4 Å². The molecular weight excluding hydrogens is 442 g/mol. The molecule has 1 saturated heterocycles. The largest absolute Gasteiger partial charge is 0.315 e. The Labute approximate surface area is 195 Å². The van der Waals surface area contributed by atoms with E-state index in [1.54, 1.807) is 34.1 Å². The number of hydrogen-bond donors (Lipinski definition) is 2. The maximum Gasteiger partial charge on any atom is 0.259 e. The second kappa shape index (κ2) is 9.08. The minimum absolute atomic E-state index is 0.0264. The number of piperidine rings is 1. The molecule has 0 radical (unpaired) electrons. The molecule has 1 aliphatic rings. The third-order valence-electron chi connectivity index (χ3n) is 5.76. The Morgan fingerprint density at radius 3 is 2.79 bits per heavy atom. The number of tetrazole rings is 1. The number of anilines is 1. The molecule has 2 N–H and O–H groups in total. The van der Waals surface area contributed by atoms with Crippen molar-refractivity contribution in [2.75, 3.05) is 18.0 Å². The van der Waals surface area contributed by atoms with E-state index < -0.39 is 0 Å². The van der Waals surface area contributed by atoms with E-state index in [0.29, 0.717) is 28.8 Å². The molecule has 1 fully saturated rings. The Kier molecular flexibility index (Phi) is 5.84. The van der Waals surface area contributed by atoms with Crippen LogP contribution in [0.5, 0.6) is 0 Å². The monoisotopic (exact) mass is 463 g/mol. The Morgan fingerprint density at radius 1 is 1.24 bits per heavy atom. The fraction of sp³-hybridized carbons (Fsp3) is 0.273. The van der Waals surface area contributed by atoms with Crippen LogP contribution in [0.25, 0.3) is 22.6 Å². The summed E-state index contributed by atoms with van der Waals surface area (Å²) in [5.41, 5.74) is 3.02. The van der Waals surface area contributed by atoms with Crippen LogP contribution in [0.3, 0.4) is 0 Å². The summed E-state index contributed by atoms with van der Waals surface area (Å²) in [6.07, 6.45) is 5.27. The van der Waals surface area contributed by atoms with Gasteiger partial charge in [0, 0.05) is 30.9 Å². The lowest BCUT2D eigenvalue weighted by molar-refractivity contribution is 0.0971. The lowest BCUT2D eigenvalue weighted by Crippen LogP contribution is -2.49. The van der Waals surface area contributed by atoms with Gasteiger partial charge in [0.2, 0.25) is 5.82 Å². The quantitative estimate of drug-likeness (QED) is 0.467. The summed E-state index contributed by atoms with van der Waals surface area (Å²) < 4.78 is 1.69. The average molecular weight is 464 g/mol. The lowest BCUT2D eigenvalue weighted by Gasteiger charge is -2.34. The predicted octanol–water partition coefficient (Wildman–Crippen LogP) is 2.71. The number of nitrogens with zero attached hydrogens (tertiary/aromatic N) is 7. The molecule has 1 amide bonds. The van der Waals surface area contributed by atoms with Gasteiger partial charge in [-0.1, -0.05) is 23.7 Å². The second-order valence-corrected chi connectivity index (χ2v) is 8.23. The Balaban J connectivity index is 1.48. The molecule has 1 aromatic carbocycles. The standard InChI is InChI=1S/C22H22ClN9O/c1-31-19(20-27-29-30-28-20)17(13-26-31)14-6-8-15(9-7-14)22(33)32(16-4-2-10-24-12-16)21-18(23)5-3-11-25-21/h3,5-9,11,13,16,24H,2,4,10,12H2,1H3,(H,27,28,29,30)/t16-/m1/s1. The summed E-state index contributed by atoms with van der Waals surface area (Å²) in [4.78, 5) is 19.8. The normalized spacial score (nSPS) is 16.0. The highest BCUT2D eigenvalue weighted by atomic mass is 35.5. The Bertz CT molecular complexity index is 1250. The molecule has 0 bridgehead atoms. The van der Waals surface area contributed by atoms with Crippen LogP contribution in [0.4, 0.5) is 5.82 Å². The Hall–Kier alpha value is -3.63. The molecule has 33 heavy (non-hydrogen) atoms. The minimum Gasteiger partial charge on any atom is -0.315 e. The van der Waals surface area contributed by atoms with E-state index in [2.05, 4.69) is 36.0 Å². The zero-order chi connectivity index (χ0) is 22.8. The number of nitrogens with one attached hydrogen (secondary N) is 2. The van der Waals surface area contributed by atoms with Gasteiger partial charge < -0.3 is 5.32 Å². The molecule has 11 heteroatoms. The zero-order valence-corrected chi connectivity index (χ0v) is 18.7. The number of pyridine rings is 1. The van der Waals surface area contributed by atoms with Crippen LogP contribution in [-0.2, 0) is 7.05 Å². The van der Waals surface area contributed by atoms with Crippen molar-refractivity contribution < 1.29 is 4.79 Å². The Morgan fingerprint density at radius 2 is 2.09 bits per heavy atom. The van der Waals surface area contributed by atoms with Crippen LogP contribution in [0.1, 0.15) is 23.2 Å². The van der Waals surface area contributed by atoms with Crippen LogP contribution in [0.15, 0.2) is 48.8 Å². The van der Waals surface area contributed by atoms with Crippen LogP contribution < -0.4 is 10.2 Å². The zero-order valence-electron chi connectivity index (χ0n) is 17.9. The van der Waals surface area contributed by atoms with Crippen LogP contribution >= 0.6 is 11.6 Å². The first-order valence-corrected chi connectivity index (χ1v) is 11.0. The molecular formula is C22H22ClN9O. The maximum atomic E-state index is 13.7. The summed E-state index contributed by atoms with van der Waals surface area (Å²) in [6.45, 7) is 1.64. The smallest absolute Gasteiger partial charge is 0.259 e. The van der Waals surface area contributed by atoms with Gasteiger partial charge in [0.05, 0.1) is 17.3 Å². The van der Waals surface area contributed by atoms with Crippen LogP contribution in [0, 0.1) is 0 Å². The van der Waals surface area contributed by atoms with E-state index in [-0.39, 0.29) is 11.9 Å². The maximum absolute atomic E-state index is 13.7. The molecule has 0 saturated carbocycles. The summed E-state index contributed by atoms with van der Waals surface area (Å²) in [6, 6.07) is 10.9. The summed E-state index contributed by atoms with van der Waals surface area (Å²) in [7, 11) is 1.82. The number of amides is 1. The fourth-order valence-corrected chi connectivity index (χ4v) is 4.36. The SMILES string of the molecule is Cn1ncc(-c2ccc(C(=O)N(c3ncccc3Cl)[C@@H]3CCCNC3)cc2)c1-c1nn[nH]n1. The molecule has 4 heterocycles.